The molecule has 1 fully saturated rings. The highest BCUT2D eigenvalue weighted by atomic mass is 16.1. The lowest BCUT2D eigenvalue weighted by Crippen LogP contribution is -2.14. The Morgan fingerprint density at radius 3 is 2.57 bits per heavy atom. The molecular formula is C5H9NO. The number of rotatable bonds is 2. The van der Waals surface area contributed by atoms with E-state index in [-0.39, 0.29) is 0 Å². The Kier molecular flexibility index (Phi) is 1.01. The summed E-state index contributed by atoms with van der Waals surface area (Å²) in [6, 6.07) is 0.498. The van der Waals surface area contributed by atoms with Gasteiger partial charge in [-0.25, -0.2) is 0 Å². The quantitative estimate of drug-likeness (QED) is 0.490. The van der Waals surface area contributed by atoms with Crippen LogP contribution in [0.2, 0.25) is 0 Å². The number of hydrogen-bond donors (Lipinski definition) is 1. The Morgan fingerprint density at radius 2 is 2.43 bits per heavy atom. The summed E-state index contributed by atoms with van der Waals surface area (Å²) >= 11 is 0. The Balaban J connectivity index is 2.08. The lowest BCUT2D eigenvalue weighted by atomic mass is 10.5. The fourth-order valence-corrected chi connectivity index (χ4v) is 0.642. The van der Waals surface area contributed by atoms with Crippen LogP contribution < -0.4 is 5.32 Å². The molecule has 0 aliphatic heterocycles. The molecule has 1 aliphatic rings. The van der Waals surface area contributed by atoms with Crippen LogP contribution in [0.3, 0.4) is 0 Å². The van der Waals surface area contributed by atoms with Crippen molar-refractivity contribution in [3.8, 4) is 0 Å². The number of nitrogens with one attached hydrogen (secondary N) is 1. The van der Waals surface area contributed by atoms with Gasteiger partial charge in [-0.1, -0.05) is 6.92 Å². The molecule has 0 spiro atoms. The van der Waals surface area contributed by atoms with Crippen LogP contribution in [0.4, 0.5) is 0 Å². The van der Waals surface area contributed by atoms with Crippen molar-refractivity contribution in [2.75, 3.05) is 0 Å². The first-order valence-electron chi connectivity index (χ1n) is 2.54. The zero-order valence-corrected chi connectivity index (χ0v) is 4.35. The molecule has 0 aromatic carbocycles. The predicted molar refractivity (Wildman–Crippen MR) is 26.8 cm³/mol. The van der Waals surface area contributed by atoms with Gasteiger partial charge in [0.25, 0.3) is 0 Å². The molecule has 2 heteroatoms. The van der Waals surface area contributed by atoms with Crippen LogP contribution in [-0.4, -0.2) is 12.5 Å². The van der Waals surface area contributed by atoms with E-state index in [0.29, 0.717) is 6.04 Å². The summed E-state index contributed by atoms with van der Waals surface area (Å²) in [5.41, 5.74) is 0. The summed E-state index contributed by atoms with van der Waals surface area (Å²) in [7, 11) is 0. The number of hydrogen-bond acceptors (Lipinski definition) is 1. The maximum atomic E-state index is 9.69. The van der Waals surface area contributed by atoms with Gasteiger partial charge in [-0.05, 0) is 12.3 Å². The second kappa shape index (κ2) is 1.52. The van der Waals surface area contributed by atoms with Crippen LogP contribution in [0.1, 0.15) is 13.3 Å². The van der Waals surface area contributed by atoms with E-state index in [4.69, 9.17) is 0 Å². The van der Waals surface area contributed by atoms with Crippen molar-refractivity contribution >= 4 is 6.41 Å². The van der Waals surface area contributed by atoms with Crippen molar-refractivity contribution in [3.63, 3.8) is 0 Å². The van der Waals surface area contributed by atoms with Crippen molar-refractivity contribution in [1.82, 2.24) is 5.32 Å². The average Bonchev–Trinajstić information content (AvgIpc) is 2.22. The third kappa shape index (κ3) is 0.918. The molecule has 40 valence electrons. The predicted octanol–water partition coefficient (Wildman–Crippen LogP) is 0.141. The first-order valence-corrected chi connectivity index (χ1v) is 2.54. The average molecular weight is 99.1 g/mol. The number of carbonyl (C=O) groups excluding carboxylic acids is 1. The summed E-state index contributed by atoms with van der Waals surface area (Å²) in [5, 5.41) is 2.69. The number of carbonyl (C=O) groups is 1. The largest absolute Gasteiger partial charge is 0.356 e. The molecule has 1 saturated carbocycles. The van der Waals surface area contributed by atoms with Gasteiger partial charge in [0.15, 0.2) is 0 Å². The van der Waals surface area contributed by atoms with E-state index >= 15 is 0 Å². The van der Waals surface area contributed by atoms with E-state index in [2.05, 4.69) is 12.2 Å². The molecule has 1 amide bonds. The molecule has 2 atom stereocenters. The lowest BCUT2D eigenvalue weighted by Gasteiger charge is -1.86. The Labute approximate surface area is 42.9 Å². The minimum absolute atomic E-state index is 0.498. The minimum atomic E-state index is 0.498. The second-order valence-corrected chi connectivity index (χ2v) is 2.10. The maximum absolute atomic E-state index is 9.69. The molecule has 0 heterocycles. The summed E-state index contributed by atoms with van der Waals surface area (Å²) < 4.78 is 0. The Hall–Kier alpha value is -0.530. The molecular weight excluding hydrogens is 90.1 g/mol. The van der Waals surface area contributed by atoms with Gasteiger partial charge >= 0.3 is 0 Å². The fraction of sp³-hybridized carbons (Fsp3) is 0.800. The fourth-order valence-electron chi connectivity index (χ4n) is 0.642. The molecule has 1 N–H and O–H groups in total. The van der Waals surface area contributed by atoms with Crippen molar-refractivity contribution in [3.05, 3.63) is 0 Å². The third-order valence-electron chi connectivity index (χ3n) is 1.39. The normalized spacial score (nSPS) is 37.3. The molecule has 0 radical (unpaired) electrons. The van der Waals surface area contributed by atoms with E-state index in [0.717, 1.165) is 12.3 Å². The maximum Gasteiger partial charge on any atom is 0.207 e. The monoisotopic (exact) mass is 99.1 g/mol. The molecule has 0 aromatic rings. The summed E-state index contributed by atoms with van der Waals surface area (Å²) in [4.78, 5) is 9.69. The van der Waals surface area contributed by atoms with Gasteiger partial charge in [-0.3, -0.25) is 4.79 Å². The summed E-state index contributed by atoms with van der Waals surface area (Å²) in [5.74, 6) is 0.727. The smallest absolute Gasteiger partial charge is 0.207 e. The molecule has 1 rings (SSSR count). The standard InChI is InChI=1S/C5H9NO/c1-4-2-5(4)6-3-7/h3-5H,2H2,1H3,(H,6,7)/t4-,5-/m1/s1. The zero-order chi connectivity index (χ0) is 5.28. The van der Waals surface area contributed by atoms with Gasteiger partial charge < -0.3 is 5.32 Å². The van der Waals surface area contributed by atoms with Gasteiger partial charge in [0, 0.05) is 6.04 Å². The molecule has 7 heavy (non-hydrogen) atoms. The first kappa shape index (κ1) is 4.62. The third-order valence-corrected chi connectivity index (χ3v) is 1.39. The molecule has 0 bridgehead atoms. The SMILES string of the molecule is C[C@@H]1C[C@H]1NC=O. The lowest BCUT2D eigenvalue weighted by molar-refractivity contribution is -0.109. The molecule has 1 aliphatic carbocycles. The highest BCUT2D eigenvalue weighted by Crippen LogP contribution is 2.28. The van der Waals surface area contributed by atoms with Crippen LogP contribution in [0.25, 0.3) is 0 Å². The van der Waals surface area contributed by atoms with Crippen LogP contribution in [0.15, 0.2) is 0 Å². The van der Waals surface area contributed by atoms with Gasteiger partial charge in [-0.15, -0.1) is 0 Å². The van der Waals surface area contributed by atoms with E-state index < -0.39 is 0 Å². The van der Waals surface area contributed by atoms with Gasteiger partial charge in [0.2, 0.25) is 6.41 Å². The number of amides is 1. The van der Waals surface area contributed by atoms with Crippen LogP contribution in [0.5, 0.6) is 0 Å². The highest BCUT2D eigenvalue weighted by Gasteiger charge is 2.31. The van der Waals surface area contributed by atoms with Gasteiger partial charge in [-0.2, -0.15) is 0 Å². The van der Waals surface area contributed by atoms with Crippen molar-refractivity contribution in [2.24, 2.45) is 5.92 Å². The minimum Gasteiger partial charge on any atom is -0.356 e. The van der Waals surface area contributed by atoms with Crippen molar-refractivity contribution < 1.29 is 4.79 Å². The summed E-state index contributed by atoms with van der Waals surface area (Å²) in [6.45, 7) is 2.13. The molecule has 2 nitrogen and oxygen atoms in total. The second-order valence-electron chi connectivity index (χ2n) is 2.10. The van der Waals surface area contributed by atoms with E-state index in [1.54, 1.807) is 0 Å². The van der Waals surface area contributed by atoms with Crippen molar-refractivity contribution in [2.45, 2.75) is 19.4 Å². The van der Waals surface area contributed by atoms with Crippen LogP contribution in [-0.2, 0) is 4.79 Å². The van der Waals surface area contributed by atoms with E-state index in [9.17, 15) is 4.79 Å². The van der Waals surface area contributed by atoms with Crippen molar-refractivity contribution in [1.29, 1.82) is 0 Å². The molecule has 0 aromatic heterocycles. The highest BCUT2D eigenvalue weighted by molar-refractivity contribution is 5.47. The molecule has 0 saturated heterocycles. The van der Waals surface area contributed by atoms with Gasteiger partial charge in [0.1, 0.15) is 0 Å². The Morgan fingerprint density at radius 1 is 1.86 bits per heavy atom. The molecule has 0 unspecified atom stereocenters. The van der Waals surface area contributed by atoms with E-state index in [1.807, 2.05) is 0 Å². The van der Waals surface area contributed by atoms with E-state index in [1.165, 1.54) is 6.42 Å². The summed E-state index contributed by atoms with van der Waals surface area (Å²) in [6.07, 6.45) is 1.94. The van der Waals surface area contributed by atoms with Gasteiger partial charge in [0.05, 0.1) is 0 Å². The zero-order valence-electron chi connectivity index (χ0n) is 4.35. The van der Waals surface area contributed by atoms with Crippen LogP contribution >= 0.6 is 0 Å². The first-order chi connectivity index (χ1) is 3.34. The topological polar surface area (TPSA) is 29.1 Å². The van der Waals surface area contributed by atoms with Crippen LogP contribution in [0, 0.1) is 5.92 Å². The Bertz CT molecular complexity index is 82.1.